The summed E-state index contributed by atoms with van der Waals surface area (Å²) in [4.78, 5) is 23.7. The first-order valence-electron chi connectivity index (χ1n) is 15.4. The Kier molecular flexibility index (Phi) is 27.7. The molecule has 3 heteroatoms. The second-order valence-corrected chi connectivity index (χ2v) is 10.5. The van der Waals surface area contributed by atoms with Crippen molar-refractivity contribution in [3.63, 3.8) is 0 Å². The van der Waals surface area contributed by atoms with Crippen LogP contribution in [0.2, 0.25) is 0 Å². The number of unbranched alkanes of at least 4 members (excludes halogenated alkanes) is 22. The van der Waals surface area contributed by atoms with E-state index >= 15 is 0 Å². The van der Waals surface area contributed by atoms with Crippen molar-refractivity contribution in [3.05, 3.63) is 0 Å². The number of ketones is 1. The molecule has 3 nitrogen and oxygen atoms in total. The molecular weight excluding hydrogens is 420 g/mol. The minimum Gasteiger partial charge on any atom is -0.465 e. The third kappa shape index (κ3) is 27.4. The van der Waals surface area contributed by atoms with Crippen LogP contribution in [-0.2, 0) is 14.3 Å². The van der Waals surface area contributed by atoms with Gasteiger partial charge < -0.3 is 4.74 Å². The Balaban J connectivity index is 3.26. The zero-order chi connectivity index (χ0) is 25.0. The summed E-state index contributed by atoms with van der Waals surface area (Å²) in [5.74, 6) is -0.284. The normalized spacial score (nSPS) is 11.1. The third-order valence-electron chi connectivity index (χ3n) is 6.91. The van der Waals surface area contributed by atoms with Gasteiger partial charge in [-0.3, -0.25) is 9.59 Å². The van der Waals surface area contributed by atoms with E-state index in [1.54, 1.807) is 0 Å². The molecule has 0 aliphatic carbocycles. The van der Waals surface area contributed by atoms with Gasteiger partial charge in [-0.05, 0) is 12.8 Å². The van der Waals surface area contributed by atoms with Crippen molar-refractivity contribution in [2.45, 2.75) is 181 Å². The van der Waals surface area contributed by atoms with E-state index in [0.717, 1.165) is 25.7 Å². The largest absolute Gasteiger partial charge is 0.465 e. The van der Waals surface area contributed by atoms with Gasteiger partial charge in [-0.15, -0.1) is 0 Å². The molecule has 0 saturated carbocycles. The average molecular weight is 481 g/mol. The van der Waals surface area contributed by atoms with E-state index in [2.05, 4.69) is 13.8 Å². The lowest BCUT2D eigenvalue weighted by Gasteiger charge is -2.05. The number of esters is 1. The predicted molar refractivity (Wildman–Crippen MR) is 147 cm³/mol. The number of carbonyl (C=O) groups excluding carboxylic acids is 2. The van der Waals surface area contributed by atoms with E-state index in [4.69, 9.17) is 4.74 Å². The molecule has 0 rings (SSSR count). The number of carbonyl (C=O) groups is 2. The van der Waals surface area contributed by atoms with E-state index in [9.17, 15) is 9.59 Å². The first kappa shape index (κ1) is 33.1. The molecule has 0 N–H and O–H groups in total. The maximum Gasteiger partial charge on any atom is 0.313 e. The smallest absolute Gasteiger partial charge is 0.313 e. The molecule has 0 saturated heterocycles. The van der Waals surface area contributed by atoms with Crippen LogP contribution in [0.4, 0.5) is 0 Å². The zero-order valence-corrected chi connectivity index (χ0v) is 23.3. The highest BCUT2D eigenvalue weighted by Gasteiger charge is 2.10. The second-order valence-electron chi connectivity index (χ2n) is 10.5. The topological polar surface area (TPSA) is 43.4 Å². The van der Waals surface area contributed by atoms with Gasteiger partial charge >= 0.3 is 5.97 Å². The molecule has 0 unspecified atom stereocenters. The Morgan fingerprint density at radius 2 is 0.765 bits per heavy atom. The molecule has 0 aliphatic heterocycles. The van der Waals surface area contributed by atoms with Crippen molar-refractivity contribution in [2.75, 3.05) is 6.61 Å². The Morgan fingerprint density at radius 3 is 1.15 bits per heavy atom. The molecule has 0 aliphatic rings. The van der Waals surface area contributed by atoms with Crippen LogP contribution in [0.5, 0.6) is 0 Å². The summed E-state index contributed by atoms with van der Waals surface area (Å²) in [6.45, 7) is 4.99. The second kappa shape index (κ2) is 28.4. The molecule has 0 fully saturated rings. The van der Waals surface area contributed by atoms with Crippen molar-refractivity contribution >= 4 is 11.8 Å². The lowest BCUT2D eigenvalue weighted by molar-refractivity contribution is -0.146. The number of ether oxygens (including phenoxy) is 1. The van der Waals surface area contributed by atoms with Gasteiger partial charge in [-0.2, -0.15) is 0 Å². The van der Waals surface area contributed by atoms with Gasteiger partial charge in [0.15, 0.2) is 0 Å². The Bertz CT molecular complexity index is 432. The standard InChI is InChI=1S/C31H60O3/c1-3-5-7-9-11-13-14-15-16-17-18-19-20-22-24-26-28-34-31(33)29-30(32)27-25-23-21-12-10-8-6-4-2/h3-29H2,1-2H3. The highest BCUT2D eigenvalue weighted by atomic mass is 16.5. The molecule has 202 valence electrons. The molecule has 0 atom stereocenters. The van der Waals surface area contributed by atoms with Crippen molar-refractivity contribution in [3.8, 4) is 0 Å². The maximum absolute atomic E-state index is 11.9. The highest BCUT2D eigenvalue weighted by molar-refractivity contribution is 5.95. The molecule has 0 aromatic heterocycles. The predicted octanol–water partition coefficient (Wildman–Crippen LogP) is 10.3. The third-order valence-corrected chi connectivity index (χ3v) is 6.91. The van der Waals surface area contributed by atoms with Crippen molar-refractivity contribution in [1.82, 2.24) is 0 Å². The monoisotopic (exact) mass is 480 g/mol. The van der Waals surface area contributed by atoms with Crippen LogP contribution in [0.3, 0.4) is 0 Å². The highest BCUT2D eigenvalue weighted by Crippen LogP contribution is 2.14. The lowest BCUT2D eigenvalue weighted by atomic mass is 10.0. The van der Waals surface area contributed by atoms with Crippen LogP contribution in [0, 0.1) is 0 Å². The first-order chi connectivity index (χ1) is 16.7. The van der Waals surface area contributed by atoms with Crippen LogP contribution in [0.25, 0.3) is 0 Å². The lowest BCUT2D eigenvalue weighted by Crippen LogP contribution is -2.12. The van der Waals surface area contributed by atoms with E-state index in [1.165, 1.54) is 128 Å². The molecule has 0 spiro atoms. The van der Waals surface area contributed by atoms with Crippen molar-refractivity contribution in [1.29, 1.82) is 0 Å². The van der Waals surface area contributed by atoms with Crippen LogP contribution in [0.1, 0.15) is 181 Å². The SMILES string of the molecule is CCCCCCCCCCCCCCCCCCOC(=O)CC(=O)CCCCCCCCCC. The quantitative estimate of drug-likeness (QED) is 0.0635. The van der Waals surface area contributed by atoms with E-state index < -0.39 is 0 Å². The summed E-state index contributed by atoms with van der Waals surface area (Å²) in [5.41, 5.74) is 0. The summed E-state index contributed by atoms with van der Waals surface area (Å²) in [6, 6.07) is 0. The maximum atomic E-state index is 11.9. The molecular formula is C31H60O3. The Labute approximate surface area is 213 Å². The molecule has 0 amide bonds. The number of Topliss-reactive ketones (excluding diaryl/α,β-unsaturated/α-hetero) is 1. The number of hydrogen-bond donors (Lipinski definition) is 0. The molecule has 0 radical (unpaired) electrons. The van der Waals surface area contributed by atoms with Crippen molar-refractivity contribution in [2.24, 2.45) is 0 Å². The summed E-state index contributed by atoms with van der Waals surface area (Å²) in [7, 11) is 0. The van der Waals surface area contributed by atoms with Crippen LogP contribution < -0.4 is 0 Å². The van der Waals surface area contributed by atoms with Gasteiger partial charge in [-0.1, -0.05) is 155 Å². The molecule has 0 bridgehead atoms. The fourth-order valence-electron chi connectivity index (χ4n) is 4.59. The van der Waals surface area contributed by atoms with Gasteiger partial charge in [0.1, 0.15) is 12.2 Å². The minimum atomic E-state index is -0.328. The van der Waals surface area contributed by atoms with E-state index in [1.807, 2.05) is 0 Å². The average Bonchev–Trinajstić information content (AvgIpc) is 2.82. The molecule has 0 aromatic carbocycles. The fraction of sp³-hybridized carbons (Fsp3) is 0.935. The number of rotatable bonds is 28. The number of hydrogen-bond acceptors (Lipinski definition) is 3. The van der Waals surface area contributed by atoms with Crippen LogP contribution >= 0.6 is 0 Å². The van der Waals surface area contributed by atoms with Gasteiger partial charge in [0.2, 0.25) is 0 Å². The fourth-order valence-corrected chi connectivity index (χ4v) is 4.59. The molecule has 0 aromatic rings. The van der Waals surface area contributed by atoms with Crippen molar-refractivity contribution < 1.29 is 14.3 Å². The van der Waals surface area contributed by atoms with E-state index in [0.29, 0.717) is 13.0 Å². The van der Waals surface area contributed by atoms with Gasteiger partial charge in [-0.25, -0.2) is 0 Å². The van der Waals surface area contributed by atoms with Crippen LogP contribution in [-0.4, -0.2) is 18.4 Å². The van der Waals surface area contributed by atoms with E-state index in [-0.39, 0.29) is 18.2 Å². The van der Waals surface area contributed by atoms with Crippen LogP contribution in [0.15, 0.2) is 0 Å². The summed E-state index contributed by atoms with van der Waals surface area (Å²) in [6.07, 6.45) is 31.7. The van der Waals surface area contributed by atoms with Gasteiger partial charge in [0, 0.05) is 6.42 Å². The molecule has 34 heavy (non-hydrogen) atoms. The van der Waals surface area contributed by atoms with Gasteiger partial charge in [0.05, 0.1) is 6.61 Å². The summed E-state index contributed by atoms with van der Waals surface area (Å²) in [5, 5.41) is 0. The Hall–Kier alpha value is -0.860. The minimum absolute atomic E-state index is 0.0324. The molecule has 0 heterocycles. The Morgan fingerprint density at radius 1 is 0.441 bits per heavy atom. The van der Waals surface area contributed by atoms with Gasteiger partial charge in [0.25, 0.3) is 0 Å². The first-order valence-corrected chi connectivity index (χ1v) is 15.4. The summed E-state index contributed by atoms with van der Waals surface area (Å²) >= 11 is 0. The summed E-state index contributed by atoms with van der Waals surface area (Å²) < 4.78 is 5.25. The zero-order valence-electron chi connectivity index (χ0n) is 23.3.